The molecule has 0 amide bonds. The molecule has 0 spiro atoms. The predicted octanol–water partition coefficient (Wildman–Crippen LogP) is 1.71. The van der Waals surface area contributed by atoms with Gasteiger partial charge in [-0.05, 0) is 32.1 Å². The summed E-state index contributed by atoms with van der Waals surface area (Å²) >= 11 is 0. The van der Waals surface area contributed by atoms with E-state index in [1.165, 1.54) is 6.42 Å². The summed E-state index contributed by atoms with van der Waals surface area (Å²) < 4.78 is 5.27. The molecule has 0 atom stereocenters. The van der Waals surface area contributed by atoms with Crippen LogP contribution < -0.4 is 5.32 Å². The highest BCUT2D eigenvalue weighted by Gasteiger charge is 2.01. The average Bonchev–Trinajstić information content (AvgIpc) is 2.65. The molecule has 80 valence electrons. The third-order valence-electron chi connectivity index (χ3n) is 2.10. The van der Waals surface area contributed by atoms with Crippen molar-refractivity contribution in [3.05, 3.63) is 24.2 Å². The first-order valence-electron chi connectivity index (χ1n) is 5.24. The van der Waals surface area contributed by atoms with Gasteiger partial charge in [0.1, 0.15) is 5.76 Å². The van der Waals surface area contributed by atoms with Crippen molar-refractivity contribution >= 4 is 0 Å². The van der Waals surface area contributed by atoms with Crippen molar-refractivity contribution in [2.45, 2.75) is 19.9 Å². The maximum Gasteiger partial charge on any atom is 0.117 e. The molecule has 0 unspecified atom stereocenters. The summed E-state index contributed by atoms with van der Waals surface area (Å²) in [6, 6.07) is 3.94. The summed E-state index contributed by atoms with van der Waals surface area (Å²) in [5.41, 5.74) is 0. The normalized spacial score (nSPS) is 11.1. The molecular formula is C11H20N2O. The molecule has 1 heterocycles. The third kappa shape index (κ3) is 4.44. The second kappa shape index (κ2) is 6.62. The SMILES string of the molecule is CCCNCCN(C)Cc1ccco1. The number of hydrogen-bond donors (Lipinski definition) is 1. The van der Waals surface area contributed by atoms with Crippen molar-refractivity contribution < 1.29 is 4.42 Å². The van der Waals surface area contributed by atoms with Gasteiger partial charge in [-0.15, -0.1) is 0 Å². The lowest BCUT2D eigenvalue weighted by Crippen LogP contribution is -2.29. The molecular weight excluding hydrogens is 176 g/mol. The second-order valence-corrected chi connectivity index (χ2v) is 3.57. The standard InChI is InChI=1S/C11H20N2O/c1-3-6-12-7-8-13(2)10-11-5-4-9-14-11/h4-5,9,12H,3,6-8,10H2,1-2H3. The Morgan fingerprint density at radius 1 is 1.43 bits per heavy atom. The Bertz CT molecular complexity index is 221. The minimum absolute atomic E-state index is 0.890. The summed E-state index contributed by atoms with van der Waals surface area (Å²) in [5.74, 6) is 1.03. The lowest BCUT2D eigenvalue weighted by atomic mass is 10.4. The van der Waals surface area contributed by atoms with Gasteiger partial charge in [-0.3, -0.25) is 4.90 Å². The zero-order valence-corrected chi connectivity index (χ0v) is 9.12. The van der Waals surface area contributed by atoms with Gasteiger partial charge in [0.25, 0.3) is 0 Å². The molecule has 0 saturated heterocycles. The van der Waals surface area contributed by atoms with E-state index >= 15 is 0 Å². The van der Waals surface area contributed by atoms with Crippen molar-refractivity contribution in [3.8, 4) is 0 Å². The molecule has 1 rings (SSSR count). The van der Waals surface area contributed by atoms with Crippen LogP contribution in [0.25, 0.3) is 0 Å². The van der Waals surface area contributed by atoms with Crippen LogP contribution in [0.4, 0.5) is 0 Å². The van der Waals surface area contributed by atoms with E-state index in [1.54, 1.807) is 6.26 Å². The Morgan fingerprint density at radius 2 is 2.29 bits per heavy atom. The molecule has 3 nitrogen and oxygen atoms in total. The minimum atomic E-state index is 0.890. The maximum atomic E-state index is 5.27. The van der Waals surface area contributed by atoms with E-state index in [-0.39, 0.29) is 0 Å². The molecule has 0 aromatic carbocycles. The van der Waals surface area contributed by atoms with Gasteiger partial charge in [0, 0.05) is 13.1 Å². The number of hydrogen-bond acceptors (Lipinski definition) is 3. The van der Waals surface area contributed by atoms with Crippen molar-refractivity contribution in [2.75, 3.05) is 26.7 Å². The minimum Gasteiger partial charge on any atom is -0.468 e. The topological polar surface area (TPSA) is 28.4 Å². The summed E-state index contributed by atoms with van der Waals surface area (Å²) in [4.78, 5) is 2.25. The Balaban J connectivity index is 2.07. The molecule has 0 bridgehead atoms. The van der Waals surface area contributed by atoms with Gasteiger partial charge >= 0.3 is 0 Å². The molecule has 0 radical (unpaired) electrons. The van der Waals surface area contributed by atoms with Crippen LogP contribution in [0, 0.1) is 0 Å². The van der Waals surface area contributed by atoms with Gasteiger partial charge in [0.2, 0.25) is 0 Å². The number of nitrogens with zero attached hydrogens (tertiary/aromatic N) is 1. The monoisotopic (exact) mass is 196 g/mol. The molecule has 0 aliphatic carbocycles. The van der Waals surface area contributed by atoms with E-state index in [0.717, 1.165) is 31.9 Å². The van der Waals surface area contributed by atoms with E-state index in [4.69, 9.17) is 4.42 Å². The van der Waals surface area contributed by atoms with Gasteiger partial charge < -0.3 is 9.73 Å². The summed E-state index contributed by atoms with van der Waals surface area (Å²) in [6.07, 6.45) is 2.92. The van der Waals surface area contributed by atoms with Gasteiger partial charge in [-0.25, -0.2) is 0 Å². The Kier molecular flexibility index (Phi) is 5.33. The highest BCUT2D eigenvalue weighted by Crippen LogP contribution is 2.02. The third-order valence-corrected chi connectivity index (χ3v) is 2.10. The molecule has 0 fully saturated rings. The molecule has 3 heteroatoms. The molecule has 0 aliphatic rings. The highest BCUT2D eigenvalue weighted by molar-refractivity contribution is 4.97. The second-order valence-electron chi connectivity index (χ2n) is 3.57. The van der Waals surface area contributed by atoms with Crippen LogP contribution in [0.3, 0.4) is 0 Å². The van der Waals surface area contributed by atoms with E-state index in [1.807, 2.05) is 12.1 Å². The van der Waals surface area contributed by atoms with E-state index in [2.05, 4.69) is 24.2 Å². The van der Waals surface area contributed by atoms with Crippen LogP contribution in [-0.2, 0) is 6.54 Å². The molecule has 1 aromatic heterocycles. The molecule has 0 aliphatic heterocycles. The quantitative estimate of drug-likeness (QED) is 0.673. The van der Waals surface area contributed by atoms with Crippen LogP contribution in [0.1, 0.15) is 19.1 Å². The molecule has 1 aromatic rings. The first kappa shape index (κ1) is 11.3. The van der Waals surface area contributed by atoms with E-state index in [0.29, 0.717) is 0 Å². The number of rotatable bonds is 7. The lowest BCUT2D eigenvalue weighted by molar-refractivity contribution is 0.294. The first-order valence-corrected chi connectivity index (χ1v) is 5.24. The van der Waals surface area contributed by atoms with Crippen molar-refractivity contribution in [2.24, 2.45) is 0 Å². The first-order chi connectivity index (χ1) is 6.83. The maximum absolute atomic E-state index is 5.27. The van der Waals surface area contributed by atoms with Gasteiger partial charge in [0.05, 0.1) is 12.8 Å². The molecule has 14 heavy (non-hydrogen) atoms. The zero-order valence-electron chi connectivity index (χ0n) is 9.12. The Hall–Kier alpha value is -0.800. The van der Waals surface area contributed by atoms with Crippen LogP contribution in [0.5, 0.6) is 0 Å². The van der Waals surface area contributed by atoms with Crippen molar-refractivity contribution in [1.82, 2.24) is 10.2 Å². The Labute approximate surface area is 86.1 Å². The predicted molar refractivity (Wildman–Crippen MR) is 58.2 cm³/mol. The smallest absolute Gasteiger partial charge is 0.117 e. The molecule has 0 saturated carbocycles. The van der Waals surface area contributed by atoms with Crippen LogP contribution in [0.2, 0.25) is 0 Å². The summed E-state index contributed by atoms with van der Waals surface area (Å²) in [6.45, 7) is 6.28. The number of likely N-dealkylation sites (N-methyl/N-ethyl adjacent to an activating group) is 1. The van der Waals surface area contributed by atoms with Crippen molar-refractivity contribution in [3.63, 3.8) is 0 Å². The summed E-state index contributed by atoms with van der Waals surface area (Å²) in [5, 5.41) is 3.37. The fraction of sp³-hybridized carbons (Fsp3) is 0.636. The van der Waals surface area contributed by atoms with E-state index < -0.39 is 0 Å². The number of nitrogens with one attached hydrogen (secondary N) is 1. The van der Waals surface area contributed by atoms with Crippen molar-refractivity contribution in [1.29, 1.82) is 0 Å². The van der Waals surface area contributed by atoms with Gasteiger partial charge in [-0.2, -0.15) is 0 Å². The largest absolute Gasteiger partial charge is 0.468 e. The zero-order chi connectivity index (χ0) is 10.2. The fourth-order valence-corrected chi connectivity index (χ4v) is 1.32. The average molecular weight is 196 g/mol. The highest BCUT2D eigenvalue weighted by atomic mass is 16.3. The van der Waals surface area contributed by atoms with Crippen LogP contribution in [-0.4, -0.2) is 31.6 Å². The lowest BCUT2D eigenvalue weighted by Gasteiger charge is -2.15. The van der Waals surface area contributed by atoms with Gasteiger partial charge in [-0.1, -0.05) is 6.92 Å². The number of furan rings is 1. The molecule has 1 N–H and O–H groups in total. The van der Waals surface area contributed by atoms with Crippen LogP contribution >= 0.6 is 0 Å². The Morgan fingerprint density at radius 3 is 2.93 bits per heavy atom. The van der Waals surface area contributed by atoms with Gasteiger partial charge in [0.15, 0.2) is 0 Å². The summed E-state index contributed by atoms with van der Waals surface area (Å²) in [7, 11) is 2.11. The fourth-order valence-electron chi connectivity index (χ4n) is 1.32. The van der Waals surface area contributed by atoms with E-state index in [9.17, 15) is 0 Å². The van der Waals surface area contributed by atoms with Crippen LogP contribution in [0.15, 0.2) is 22.8 Å².